The second-order valence-corrected chi connectivity index (χ2v) is 5.38. The van der Waals surface area contributed by atoms with Crippen LogP contribution in [0.4, 0.5) is 10.1 Å². The zero-order valence-electron chi connectivity index (χ0n) is 9.77. The first kappa shape index (κ1) is 12.6. The maximum Gasteiger partial charge on any atom is 0.267 e. The van der Waals surface area contributed by atoms with Gasteiger partial charge in [0.2, 0.25) is 0 Å². The average molecular weight is 270 g/mol. The van der Waals surface area contributed by atoms with Gasteiger partial charge in [-0.25, -0.2) is 12.8 Å². The average Bonchev–Trinajstić information content (AvgIpc) is 2.62. The van der Waals surface area contributed by atoms with E-state index in [9.17, 15) is 12.8 Å². The molecule has 0 saturated heterocycles. The number of sulfonamides is 1. The van der Waals surface area contributed by atoms with Crippen LogP contribution in [0.2, 0.25) is 0 Å². The van der Waals surface area contributed by atoms with E-state index in [1.54, 1.807) is 0 Å². The van der Waals surface area contributed by atoms with E-state index in [4.69, 9.17) is 4.52 Å². The summed E-state index contributed by atoms with van der Waals surface area (Å²) >= 11 is 0. The summed E-state index contributed by atoms with van der Waals surface area (Å²) in [5.74, 6) is -0.225. The Morgan fingerprint density at radius 2 is 1.83 bits per heavy atom. The van der Waals surface area contributed by atoms with Gasteiger partial charge in [-0.2, -0.15) is 0 Å². The summed E-state index contributed by atoms with van der Waals surface area (Å²) in [6, 6.07) is 5.02. The van der Waals surface area contributed by atoms with Crippen LogP contribution in [-0.2, 0) is 10.0 Å². The molecule has 5 nitrogen and oxygen atoms in total. The van der Waals surface area contributed by atoms with Gasteiger partial charge in [0.1, 0.15) is 11.5 Å². The van der Waals surface area contributed by atoms with Crippen molar-refractivity contribution in [1.29, 1.82) is 0 Å². The van der Waals surface area contributed by atoms with Gasteiger partial charge in [-0.15, -0.1) is 0 Å². The van der Waals surface area contributed by atoms with Crippen LogP contribution in [0.15, 0.2) is 33.7 Å². The van der Waals surface area contributed by atoms with Crippen molar-refractivity contribution in [2.24, 2.45) is 0 Å². The first-order valence-electron chi connectivity index (χ1n) is 5.11. The minimum atomic E-state index is -3.77. The molecule has 0 amide bonds. The highest BCUT2D eigenvalue weighted by Crippen LogP contribution is 2.22. The predicted molar refractivity (Wildman–Crippen MR) is 63.2 cm³/mol. The van der Waals surface area contributed by atoms with Gasteiger partial charge in [0.15, 0.2) is 10.7 Å². The Hall–Kier alpha value is -1.89. The Labute approximate surface area is 104 Å². The Balaban J connectivity index is 2.36. The fourth-order valence-electron chi connectivity index (χ4n) is 1.58. The topological polar surface area (TPSA) is 72.2 Å². The molecule has 1 heterocycles. The molecule has 1 N–H and O–H groups in total. The number of rotatable bonds is 3. The number of anilines is 1. The zero-order chi connectivity index (χ0) is 13.3. The number of hydrogen-bond donors (Lipinski definition) is 1. The monoisotopic (exact) mass is 270 g/mol. The van der Waals surface area contributed by atoms with Gasteiger partial charge in [-0.3, -0.25) is 4.72 Å². The minimum absolute atomic E-state index is 0.00632. The lowest BCUT2D eigenvalue weighted by molar-refractivity contribution is 0.390. The van der Waals surface area contributed by atoms with Crippen molar-refractivity contribution in [3.8, 4) is 0 Å². The molecule has 0 aliphatic carbocycles. The van der Waals surface area contributed by atoms with Crippen LogP contribution in [-0.4, -0.2) is 13.6 Å². The van der Waals surface area contributed by atoms with Gasteiger partial charge in [-0.1, -0.05) is 5.16 Å². The molecular weight excluding hydrogens is 259 g/mol. The quantitative estimate of drug-likeness (QED) is 0.928. The second kappa shape index (κ2) is 4.41. The van der Waals surface area contributed by atoms with Crippen LogP contribution in [0, 0.1) is 19.7 Å². The third-order valence-electron chi connectivity index (χ3n) is 2.33. The van der Waals surface area contributed by atoms with Crippen molar-refractivity contribution in [1.82, 2.24) is 5.16 Å². The SMILES string of the molecule is Cc1noc(C)c1S(=O)(=O)Nc1ccc(F)cc1. The van der Waals surface area contributed by atoms with Gasteiger partial charge < -0.3 is 4.52 Å². The maximum absolute atomic E-state index is 12.7. The lowest BCUT2D eigenvalue weighted by Gasteiger charge is -2.07. The first-order chi connectivity index (χ1) is 8.40. The molecule has 0 aliphatic rings. The van der Waals surface area contributed by atoms with Gasteiger partial charge in [0, 0.05) is 5.69 Å². The molecule has 0 aliphatic heterocycles. The van der Waals surface area contributed by atoms with Crippen LogP contribution in [0.5, 0.6) is 0 Å². The van der Waals surface area contributed by atoms with Gasteiger partial charge in [0.05, 0.1) is 0 Å². The first-order valence-corrected chi connectivity index (χ1v) is 6.60. The van der Waals surface area contributed by atoms with E-state index in [0.717, 1.165) is 0 Å². The third-order valence-corrected chi connectivity index (χ3v) is 3.96. The molecule has 7 heteroatoms. The number of nitrogens with zero attached hydrogens (tertiary/aromatic N) is 1. The summed E-state index contributed by atoms with van der Waals surface area (Å²) in [5.41, 5.74) is 0.554. The van der Waals surface area contributed by atoms with E-state index in [1.165, 1.54) is 38.1 Å². The van der Waals surface area contributed by atoms with E-state index in [-0.39, 0.29) is 22.0 Å². The summed E-state index contributed by atoms with van der Waals surface area (Å²) in [6.45, 7) is 3.05. The number of aromatic nitrogens is 1. The summed E-state index contributed by atoms with van der Waals surface area (Å²) < 4.78 is 44.0. The highest BCUT2D eigenvalue weighted by molar-refractivity contribution is 7.92. The van der Waals surface area contributed by atoms with Gasteiger partial charge in [-0.05, 0) is 38.1 Å². The molecule has 0 atom stereocenters. The number of aryl methyl sites for hydroxylation is 2. The number of benzene rings is 1. The van der Waals surface area contributed by atoms with Crippen molar-refractivity contribution in [2.75, 3.05) is 4.72 Å². The Kier molecular flexibility index (Phi) is 3.08. The second-order valence-electron chi connectivity index (χ2n) is 3.77. The van der Waals surface area contributed by atoms with E-state index < -0.39 is 15.8 Å². The zero-order valence-corrected chi connectivity index (χ0v) is 10.6. The minimum Gasteiger partial charge on any atom is -0.360 e. The van der Waals surface area contributed by atoms with Crippen molar-refractivity contribution in [2.45, 2.75) is 18.7 Å². The Morgan fingerprint density at radius 3 is 2.33 bits per heavy atom. The van der Waals surface area contributed by atoms with Crippen molar-refractivity contribution < 1.29 is 17.3 Å². The molecule has 0 fully saturated rings. The molecule has 2 rings (SSSR count). The predicted octanol–water partition coefficient (Wildman–Crippen LogP) is 2.23. The van der Waals surface area contributed by atoms with E-state index in [0.29, 0.717) is 0 Å². The van der Waals surface area contributed by atoms with Gasteiger partial charge >= 0.3 is 0 Å². The molecular formula is C11H11FN2O3S. The molecule has 0 radical (unpaired) electrons. The molecule has 1 aromatic carbocycles. The van der Waals surface area contributed by atoms with E-state index in [2.05, 4.69) is 9.88 Å². The molecule has 2 aromatic rings. The van der Waals surface area contributed by atoms with Gasteiger partial charge in [0.25, 0.3) is 10.0 Å². The molecule has 0 saturated carbocycles. The molecule has 18 heavy (non-hydrogen) atoms. The number of halogens is 1. The summed E-state index contributed by atoms with van der Waals surface area (Å²) in [6.07, 6.45) is 0. The van der Waals surface area contributed by atoms with E-state index >= 15 is 0 Å². The van der Waals surface area contributed by atoms with Crippen LogP contribution in [0.25, 0.3) is 0 Å². The lowest BCUT2D eigenvalue weighted by atomic mass is 10.3. The fraction of sp³-hybridized carbons (Fsp3) is 0.182. The summed E-state index contributed by atoms with van der Waals surface area (Å²) in [5, 5.41) is 3.58. The highest BCUT2D eigenvalue weighted by atomic mass is 32.2. The largest absolute Gasteiger partial charge is 0.360 e. The highest BCUT2D eigenvalue weighted by Gasteiger charge is 2.24. The molecule has 0 unspecified atom stereocenters. The van der Waals surface area contributed by atoms with E-state index in [1.807, 2.05) is 0 Å². The Morgan fingerprint density at radius 1 is 1.22 bits per heavy atom. The van der Waals surface area contributed by atoms with Crippen LogP contribution in [0.1, 0.15) is 11.5 Å². The Bertz CT molecular complexity index is 643. The number of hydrogen-bond acceptors (Lipinski definition) is 4. The molecule has 1 aromatic heterocycles. The van der Waals surface area contributed by atoms with Crippen LogP contribution in [0.3, 0.4) is 0 Å². The van der Waals surface area contributed by atoms with Crippen LogP contribution >= 0.6 is 0 Å². The lowest BCUT2D eigenvalue weighted by Crippen LogP contribution is -2.14. The third kappa shape index (κ3) is 2.35. The van der Waals surface area contributed by atoms with Crippen molar-refractivity contribution >= 4 is 15.7 Å². The van der Waals surface area contributed by atoms with Crippen molar-refractivity contribution in [3.05, 3.63) is 41.5 Å². The normalized spacial score (nSPS) is 11.5. The summed E-state index contributed by atoms with van der Waals surface area (Å²) in [4.78, 5) is 0.00632. The maximum atomic E-state index is 12.7. The van der Waals surface area contributed by atoms with Crippen molar-refractivity contribution in [3.63, 3.8) is 0 Å². The summed E-state index contributed by atoms with van der Waals surface area (Å²) in [7, 11) is -3.77. The molecule has 96 valence electrons. The standard InChI is InChI=1S/C11H11FN2O3S/c1-7-11(8(2)17-13-7)18(15,16)14-10-5-3-9(12)4-6-10/h3-6,14H,1-2H3. The van der Waals surface area contributed by atoms with Crippen LogP contribution < -0.4 is 4.72 Å². The molecule has 0 spiro atoms. The fourth-order valence-corrected chi connectivity index (χ4v) is 2.97. The molecule has 0 bridgehead atoms. The smallest absolute Gasteiger partial charge is 0.267 e. The number of nitrogens with one attached hydrogen (secondary N) is 1.